The van der Waals surface area contributed by atoms with Crippen LogP contribution in [0.15, 0.2) is 18.2 Å². The molecule has 126 valence electrons. The Labute approximate surface area is 137 Å². The van der Waals surface area contributed by atoms with Crippen molar-refractivity contribution in [2.24, 2.45) is 0 Å². The number of carboxylic acid groups (broad SMARTS) is 1. The first-order valence-electron chi connectivity index (χ1n) is 7.09. The van der Waals surface area contributed by atoms with Gasteiger partial charge in [-0.05, 0) is 25.1 Å². The van der Waals surface area contributed by atoms with Crippen molar-refractivity contribution in [1.29, 1.82) is 0 Å². The van der Waals surface area contributed by atoms with Crippen molar-refractivity contribution in [2.75, 3.05) is 13.1 Å². The molecule has 1 atom stereocenters. The Bertz CT molecular complexity index is 616. The van der Waals surface area contributed by atoms with E-state index in [-0.39, 0.29) is 42.6 Å². The average Bonchev–Trinajstić information content (AvgIpc) is 2.50. The summed E-state index contributed by atoms with van der Waals surface area (Å²) >= 11 is 5.85. The van der Waals surface area contributed by atoms with E-state index in [1.807, 2.05) is 0 Å². The highest BCUT2D eigenvalue weighted by Crippen LogP contribution is 2.27. The SMILES string of the molecule is CC(Oc1ccc(F)cc1Cl)C(=O)N1CCC(O)(C(=O)O)CC1. The fraction of sp³-hybridized carbons (Fsp3) is 0.467. The molecule has 1 amide bonds. The van der Waals surface area contributed by atoms with Gasteiger partial charge >= 0.3 is 5.97 Å². The van der Waals surface area contributed by atoms with Gasteiger partial charge in [0.1, 0.15) is 11.6 Å². The van der Waals surface area contributed by atoms with Crippen LogP contribution in [-0.2, 0) is 9.59 Å². The number of carboxylic acids is 1. The maximum Gasteiger partial charge on any atom is 0.335 e. The Balaban J connectivity index is 1.97. The number of aliphatic hydroxyl groups is 1. The summed E-state index contributed by atoms with van der Waals surface area (Å²) < 4.78 is 18.4. The summed E-state index contributed by atoms with van der Waals surface area (Å²) in [6.45, 7) is 1.76. The zero-order valence-electron chi connectivity index (χ0n) is 12.5. The van der Waals surface area contributed by atoms with Gasteiger partial charge < -0.3 is 19.8 Å². The molecule has 6 nitrogen and oxygen atoms in total. The highest BCUT2D eigenvalue weighted by Gasteiger charge is 2.41. The monoisotopic (exact) mass is 345 g/mol. The van der Waals surface area contributed by atoms with Gasteiger partial charge in [-0.25, -0.2) is 9.18 Å². The quantitative estimate of drug-likeness (QED) is 0.867. The standard InChI is InChI=1S/C15H17ClFNO5/c1-9(23-12-3-2-10(17)8-11(12)16)13(19)18-6-4-15(22,5-7-18)14(20)21/h2-3,8-9,22H,4-7H2,1H3,(H,20,21). The number of piperidine rings is 1. The second-order valence-electron chi connectivity index (χ2n) is 5.50. The summed E-state index contributed by atoms with van der Waals surface area (Å²) in [5.74, 6) is -1.96. The minimum absolute atomic E-state index is 0.0436. The van der Waals surface area contributed by atoms with E-state index in [0.29, 0.717) is 0 Å². The van der Waals surface area contributed by atoms with Crippen LogP contribution in [0.2, 0.25) is 5.02 Å². The third-order valence-electron chi connectivity index (χ3n) is 3.85. The molecule has 0 radical (unpaired) electrons. The van der Waals surface area contributed by atoms with Crippen LogP contribution in [0, 0.1) is 5.82 Å². The fourth-order valence-electron chi connectivity index (χ4n) is 2.38. The Morgan fingerprint density at radius 1 is 1.39 bits per heavy atom. The Morgan fingerprint density at radius 2 is 2.00 bits per heavy atom. The zero-order valence-corrected chi connectivity index (χ0v) is 13.2. The molecule has 0 aliphatic carbocycles. The van der Waals surface area contributed by atoms with E-state index < -0.39 is 23.5 Å². The van der Waals surface area contributed by atoms with Crippen molar-refractivity contribution in [2.45, 2.75) is 31.5 Å². The van der Waals surface area contributed by atoms with Crippen molar-refractivity contribution in [3.05, 3.63) is 29.0 Å². The number of amides is 1. The molecule has 1 heterocycles. The van der Waals surface area contributed by atoms with Crippen molar-refractivity contribution in [1.82, 2.24) is 4.90 Å². The maximum atomic E-state index is 13.0. The van der Waals surface area contributed by atoms with Crippen LogP contribution in [0.1, 0.15) is 19.8 Å². The second kappa shape index (κ2) is 6.72. The number of nitrogens with zero attached hydrogens (tertiary/aromatic N) is 1. The number of rotatable bonds is 4. The number of ether oxygens (including phenoxy) is 1. The maximum absolute atomic E-state index is 13.0. The van der Waals surface area contributed by atoms with Gasteiger partial charge in [0.15, 0.2) is 11.7 Å². The summed E-state index contributed by atoms with van der Waals surface area (Å²) in [4.78, 5) is 24.7. The molecule has 1 aromatic rings. The van der Waals surface area contributed by atoms with Crippen molar-refractivity contribution in [3.8, 4) is 5.75 Å². The molecular formula is C15H17ClFNO5. The molecular weight excluding hydrogens is 329 g/mol. The van der Waals surface area contributed by atoms with Crippen LogP contribution in [0.5, 0.6) is 5.75 Å². The first-order valence-corrected chi connectivity index (χ1v) is 7.47. The summed E-state index contributed by atoms with van der Waals surface area (Å²) in [5, 5.41) is 18.9. The van der Waals surface area contributed by atoms with Gasteiger partial charge in [-0.15, -0.1) is 0 Å². The molecule has 2 rings (SSSR count). The first-order chi connectivity index (χ1) is 10.7. The molecule has 0 aromatic heterocycles. The van der Waals surface area contributed by atoms with Crippen LogP contribution in [0.25, 0.3) is 0 Å². The summed E-state index contributed by atoms with van der Waals surface area (Å²) in [7, 11) is 0. The van der Waals surface area contributed by atoms with Gasteiger partial charge in [0, 0.05) is 25.9 Å². The third-order valence-corrected chi connectivity index (χ3v) is 4.14. The van der Waals surface area contributed by atoms with Crippen LogP contribution in [0.3, 0.4) is 0 Å². The zero-order chi connectivity index (χ0) is 17.2. The number of aliphatic carboxylic acids is 1. The van der Waals surface area contributed by atoms with Crippen LogP contribution < -0.4 is 4.74 Å². The van der Waals surface area contributed by atoms with Crippen LogP contribution in [0.4, 0.5) is 4.39 Å². The highest BCUT2D eigenvalue weighted by atomic mass is 35.5. The molecule has 1 saturated heterocycles. The van der Waals surface area contributed by atoms with Gasteiger partial charge in [-0.1, -0.05) is 11.6 Å². The lowest BCUT2D eigenvalue weighted by Gasteiger charge is -2.36. The number of benzene rings is 1. The minimum Gasteiger partial charge on any atom is -0.479 e. The summed E-state index contributed by atoms with van der Waals surface area (Å²) in [6, 6.07) is 3.59. The third kappa shape index (κ3) is 3.92. The Hall–Kier alpha value is -1.86. The number of likely N-dealkylation sites (tertiary alicyclic amines) is 1. The Kier molecular flexibility index (Phi) is 5.11. The molecule has 1 aliphatic heterocycles. The van der Waals surface area contributed by atoms with Crippen molar-refractivity contribution >= 4 is 23.5 Å². The van der Waals surface area contributed by atoms with Crippen molar-refractivity contribution < 1.29 is 28.9 Å². The lowest BCUT2D eigenvalue weighted by molar-refractivity contribution is -0.166. The fourth-order valence-corrected chi connectivity index (χ4v) is 2.59. The molecule has 0 saturated carbocycles. The number of hydrogen-bond acceptors (Lipinski definition) is 4. The number of hydrogen-bond donors (Lipinski definition) is 2. The number of halogens is 2. The van der Waals surface area contributed by atoms with Crippen LogP contribution in [-0.4, -0.2) is 51.8 Å². The second-order valence-corrected chi connectivity index (χ2v) is 5.90. The molecule has 8 heteroatoms. The summed E-state index contributed by atoms with van der Waals surface area (Å²) in [6.07, 6.45) is -0.954. The van der Waals surface area contributed by atoms with Gasteiger partial charge in [-0.2, -0.15) is 0 Å². The molecule has 1 aromatic carbocycles. The molecule has 1 fully saturated rings. The lowest BCUT2D eigenvalue weighted by atomic mass is 9.91. The van der Waals surface area contributed by atoms with Crippen LogP contribution >= 0.6 is 11.6 Å². The minimum atomic E-state index is -1.79. The molecule has 0 spiro atoms. The average molecular weight is 346 g/mol. The predicted molar refractivity (Wildman–Crippen MR) is 79.9 cm³/mol. The summed E-state index contributed by atoms with van der Waals surface area (Å²) in [5.41, 5.74) is -1.79. The van der Waals surface area contributed by atoms with E-state index in [4.69, 9.17) is 21.4 Å². The predicted octanol–water partition coefficient (Wildman–Crippen LogP) is 1.68. The largest absolute Gasteiger partial charge is 0.479 e. The van der Waals surface area contributed by atoms with Crippen molar-refractivity contribution in [3.63, 3.8) is 0 Å². The van der Waals surface area contributed by atoms with E-state index in [0.717, 1.165) is 6.07 Å². The number of carbonyl (C=O) groups is 2. The normalized spacial score (nSPS) is 18.3. The molecule has 0 bridgehead atoms. The number of carbonyl (C=O) groups excluding carboxylic acids is 1. The topological polar surface area (TPSA) is 87.1 Å². The molecule has 2 N–H and O–H groups in total. The van der Waals surface area contributed by atoms with Gasteiger partial charge in [0.05, 0.1) is 5.02 Å². The lowest BCUT2D eigenvalue weighted by Crippen LogP contribution is -2.53. The van der Waals surface area contributed by atoms with Gasteiger partial charge in [-0.3, -0.25) is 4.79 Å². The Morgan fingerprint density at radius 3 is 2.52 bits per heavy atom. The van der Waals surface area contributed by atoms with E-state index >= 15 is 0 Å². The smallest absolute Gasteiger partial charge is 0.335 e. The van der Waals surface area contributed by atoms with E-state index in [1.165, 1.54) is 24.0 Å². The molecule has 23 heavy (non-hydrogen) atoms. The van der Waals surface area contributed by atoms with E-state index in [1.54, 1.807) is 0 Å². The van der Waals surface area contributed by atoms with Gasteiger partial charge in [0.25, 0.3) is 5.91 Å². The van der Waals surface area contributed by atoms with E-state index in [9.17, 15) is 19.1 Å². The van der Waals surface area contributed by atoms with Gasteiger partial charge in [0.2, 0.25) is 0 Å². The molecule has 1 unspecified atom stereocenters. The first kappa shape index (κ1) is 17.5. The highest BCUT2D eigenvalue weighted by molar-refractivity contribution is 6.32. The van der Waals surface area contributed by atoms with E-state index in [2.05, 4.69) is 0 Å². The molecule has 1 aliphatic rings.